The van der Waals surface area contributed by atoms with Gasteiger partial charge in [0.1, 0.15) is 6.10 Å². The van der Waals surface area contributed by atoms with Crippen molar-refractivity contribution >= 4 is 27.4 Å². The second-order valence-electron chi connectivity index (χ2n) is 5.54. The van der Waals surface area contributed by atoms with Gasteiger partial charge in [0.15, 0.2) is 5.96 Å². The van der Waals surface area contributed by atoms with Crippen LogP contribution in [0.25, 0.3) is 10.1 Å². The van der Waals surface area contributed by atoms with Crippen molar-refractivity contribution in [2.45, 2.75) is 26.4 Å². The molecule has 0 radical (unpaired) electrons. The number of aliphatic hydroxyl groups is 1. The molecule has 4 nitrogen and oxygen atoms in total. The lowest BCUT2D eigenvalue weighted by molar-refractivity contribution is 0.191. The van der Waals surface area contributed by atoms with Crippen LogP contribution in [0.4, 0.5) is 0 Å². The summed E-state index contributed by atoms with van der Waals surface area (Å²) in [5.41, 5.74) is 5.79. The van der Waals surface area contributed by atoms with E-state index in [2.05, 4.69) is 30.2 Å². The minimum absolute atomic E-state index is 0.285. The van der Waals surface area contributed by atoms with Crippen LogP contribution in [0.1, 0.15) is 31.2 Å². The van der Waals surface area contributed by atoms with Crippen LogP contribution in [0.5, 0.6) is 0 Å². The summed E-state index contributed by atoms with van der Waals surface area (Å²) in [6.07, 6.45) is 0.447. The maximum Gasteiger partial charge on any atom is 0.188 e. The molecule has 21 heavy (non-hydrogen) atoms. The Kier molecular flexibility index (Phi) is 5.59. The molecule has 4 N–H and O–H groups in total. The lowest BCUT2D eigenvalue weighted by Crippen LogP contribution is -2.33. The van der Waals surface area contributed by atoms with Crippen LogP contribution < -0.4 is 11.1 Å². The van der Waals surface area contributed by atoms with Crippen molar-refractivity contribution in [3.8, 4) is 0 Å². The largest absolute Gasteiger partial charge is 0.386 e. The van der Waals surface area contributed by atoms with Gasteiger partial charge in [-0.3, -0.25) is 4.99 Å². The number of nitrogens with one attached hydrogen (secondary N) is 1. The lowest BCUT2D eigenvalue weighted by Gasteiger charge is -2.09. The van der Waals surface area contributed by atoms with Crippen LogP contribution in [-0.4, -0.2) is 24.2 Å². The standard InChI is InChI=1S/C16H23N3OS/c1-11(2)7-8-18-16(17)19-10-13(20)15-9-12-5-3-4-6-14(12)21-15/h3-6,9,11,13,20H,7-8,10H2,1-2H3,(H3,17,18,19). The predicted molar refractivity (Wildman–Crippen MR) is 90.7 cm³/mol. The van der Waals surface area contributed by atoms with E-state index in [0.717, 1.165) is 23.2 Å². The van der Waals surface area contributed by atoms with Gasteiger partial charge in [-0.1, -0.05) is 32.0 Å². The SMILES string of the molecule is CC(C)CCNC(N)=NCC(O)c1cc2ccccc2s1. The Balaban J connectivity index is 1.90. The van der Waals surface area contributed by atoms with E-state index in [0.29, 0.717) is 11.9 Å². The summed E-state index contributed by atoms with van der Waals surface area (Å²) in [5.74, 6) is 1.03. The van der Waals surface area contributed by atoms with Gasteiger partial charge in [0.25, 0.3) is 0 Å². The van der Waals surface area contributed by atoms with Crippen molar-refractivity contribution in [2.24, 2.45) is 16.6 Å². The molecular weight excluding hydrogens is 282 g/mol. The van der Waals surface area contributed by atoms with E-state index >= 15 is 0 Å². The highest BCUT2D eigenvalue weighted by Crippen LogP contribution is 2.29. The third-order valence-corrected chi connectivity index (χ3v) is 4.45. The normalized spacial score (nSPS) is 13.8. The Hall–Kier alpha value is -1.59. The summed E-state index contributed by atoms with van der Waals surface area (Å²) in [6, 6.07) is 10.1. The highest BCUT2D eigenvalue weighted by Gasteiger charge is 2.10. The molecule has 2 rings (SSSR count). The number of hydrogen-bond acceptors (Lipinski definition) is 3. The fraction of sp³-hybridized carbons (Fsp3) is 0.438. The number of rotatable bonds is 6. The van der Waals surface area contributed by atoms with Gasteiger partial charge >= 0.3 is 0 Å². The minimum Gasteiger partial charge on any atom is -0.386 e. The van der Waals surface area contributed by atoms with Crippen molar-refractivity contribution in [3.63, 3.8) is 0 Å². The van der Waals surface area contributed by atoms with Gasteiger partial charge in [0, 0.05) is 16.1 Å². The van der Waals surface area contributed by atoms with Crippen molar-refractivity contribution < 1.29 is 5.11 Å². The van der Waals surface area contributed by atoms with E-state index in [4.69, 9.17) is 5.73 Å². The fourth-order valence-electron chi connectivity index (χ4n) is 1.99. The van der Waals surface area contributed by atoms with Crippen molar-refractivity contribution in [1.82, 2.24) is 5.32 Å². The lowest BCUT2D eigenvalue weighted by atomic mass is 10.1. The number of thiophene rings is 1. The van der Waals surface area contributed by atoms with Crippen molar-refractivity contribution in [2.75, 3.05) is 13.1 Å². The predicted octanol–water partition coefficient (Wildman–Crippen LogP) is 2.89. The van der Waals surface area contributed by atoms with Gasteiger partial charge in [-0.15, -0.1) is 11.3 Å². The summed E-state index contributed by atoms with van der Waals surface area (Å²) < 4.78 is 1.18. The zero-order valence-corrected chi connectivity index (χ0v) is 13.4. The Morgan fingerprint density at radius 1 is 1.38 bits per heavy atom. The zero-order chi connectivity index (χ0) is 15.2. The third-order valence-electron chi connectivity index (χ3n) is 3.24. The van der Waals surface area contributed by atoms with E-state index < -0.39 is 6.10 Å². The van der Waals surface area contributed by atoms with Crippen LogP contribution in [0.15, 0.2) is 35.3 Å². The molecule has 0 aliphatic rings. The molecule has 114 valence electrons. The summed E-state index contributed by atoms with van der Waals surface area (Å²) in [6.45, 7) is 5.43. The average molecular weight is 305 g/mol. The topological polar surface area (TPSA) is 70.6 Å². The van der Waals surface area contributed by atoms with E-state index in [9.17, 15) is 5.11 Å². The summed E-state index contributed by atoms with van der Waals surface area (Å²) >= 11 is 1.60. The van der Waals surface area contributed by atoms with Crippen molar-refractivity contribution in [3.05, 3.63) is 35.2 Å². The third kappa shape index (κ3) is 4.72. The van der Waals surface area contributed by atoms with E-state index in [1.165, 1.54) is 4.70 Å². The zero-order valence-electron chi connectivity index (χ0n) is 12.5. The molecule has 1 atom stereocenters. The molecule has 0 spiro atoms. The molecular formula is C16H23N3OS. The number of fused-ring (bicyclic) bond motifs is 1. The first kappa shape index (κ1) is 15.8. The van der Waals surface area contributed by atoms with Crippen LogP contribution >= 0.6 is 11.3 Å². The Morgan fingerprint density at radius 2 is 2.14 bits per heavy atom. The first-order valence-electron chi connectivity index (χ1n) is 7.26. The van der Waals surface area contributed by atoms with E-state index in [-0.39, 0.29) is 6.54 Å². The van der Waals surface area contributed by atoms with Gasteiger partial charge in [-0.2, -0.15) is 0 Å². The van der Waals surface area contributed by atoms with Gasteiger partial charge < -0.3 is 16.2 Å². The molecule has 0 saturated carbocycles. The second kappa shape index (κ2) is 7.43. The minimum atomic E-state index is -0.604. The van der Waals surface area contributed by atoms with Gasteiger partial charge in [-0.05, 0) is 29.9 Å². The molecule has 2 aromatic rings. The molecule has 1 aromatic heterocycles. The molecule has 5 heteroatoms. The molecule has 1 aromatic carbocycles. The quantitative estimate of drug-likeness (QED) is 0.567. The fourth-order valence-corrected chi connectivity index (χ4v) is 3.03. The number of nitrogens with zero attached hydrogens (tertiary/aromatic N) is 1. The van der Waals surface area contributed by atoms with Gasteiger partial charge in [-0.25, -0.2) is 0 Å². The molecule has 0 amide bonds. The average Bonchev–Trinajstić information content (AvgIpc) is 2.88. The number of nitrogens with two attached hydrogens (primary N) is 1. The smallest absolute Gasteiger partial charge is 0.188 e. The number of aliphatic imine (C=N–C) groups is 1. The summed E-state index contributed by atoms with van der Waals surface area (Å²) in [4.78, 5) is 5.13. The number of benzene rings is 1. The summed E-state index contributed by atoms with van der Waals surface area (Å²) in [5, 5.41) is 14.4. The van der Waals surface area contributed by atoms with Crippen LogP contribution in [-0.2, 0) is 0 Å². The van der Waals surface area contributed by atoms with Crippen molar-refractivity contribution in [1.29, 1.82) is 0 Å². The molecule has 1 unspecified atom stereocenters. The molecule has 0 fully saturated rings. The molecule has 0 aliphatic heterocycles. The van der Waals surface area contributed by atoms with Crippen LogP contribution in [0, 0.1) is 5.92 Å². The highest BCUT2D eigenvalue weighted by atomic mass is 32.1. The monoisotopic (exact) mass is 305 g/mol. The Morgan fingerprint density at radius 3 is 2.86 bits per heavy atom. The number of guanidine groups is 1. The Labute approximate surface area is 129 Å². The van der Waals surface area contributed by atoms with Crippen LogP contribution in [0.3, 0.4) is 0 Å². The van der Waals surface area contributed by atoms with Gasteiger partial charge in [0.2, 0.25) is 0 Å². The maximum atomic E-state index is 10.2. The number of aliphatic hydroxyl groups excluding tert-OH is 1. The van der Waals surface area contributed by atoms with E-state index in [1.807, 2.05) is 24.3 Å². The molecule has 0 aliphatic carbocycles. The number of hydrogen-bond donors (Lipinski definition) is 3. The maximum absolute atomic E-state index is 10.2. The van der Waals surface area contributed by atoms with Crippen LogP contribution in [0.2, 0.25) is 0 Å². The molecule has 0 saturated heterocycles. The molecule has 1 heterocycles. The summed E-state index contributed by atoms with van der Waals surface area (Å²) in [7, 11) is 0. The first-order valence-corrected chi connectivity index (χ1v) is 8.08. The first-order chi connectivity index (χ1) is 10.1. The molecule has 0 bridgehead atoms. The Bertz CT molecular complexity index is 573. The van der Waals surface area contributed by atoms with Gasteiger partial charge in [0.05, 0.1) is 6.54 Å². The highest BCUT2D eigenvalue weighted by molar-refractivity contribution is 7.19. The van der Waals surface area contributed by atoms with E-state index in [1.54, 1.807) is 11.3 Å². The second-order valence-corrected chi connectivity index (χ2v) is 6.65.